The van der Waals surface area contributed by atoms with E-state index in [4.69, 9.17) is 16.2 Å². The Balaban J connectivity index is 2.73. The summed E-state index contributed by atoms with van der Waals surface area (Å²) in [6, 6.07) is 9.31. The van der Waals surface area contributed by atoms with Crippen molar-refractivity contribution in [3.63, 3.8) is 0 Å². The first kappa shape index (κ1) is 30.9. The summed E-state index contributed by atoms with van der Waals surface area (Å²) in [5.74, 6) is 2.72. The van der Waals surface area contributed by atoms with Crippen LogP contribution < -0.4 is 16.8 Å². The van der Waals surface area contributed by atoms with E-state index in [-0.39, 0.29) is 24.4 Å². The number of anilines is 1. The fraction of sp³-hybridized carbons (Fsp3) is 0.704. The van der Waals surface area contributed by atoms with Crippen LogP contribution in [0.1, 0.15) is 67.7 Å². The molecule has 1 aromatic rings. The Hall–Kier alpha value is -2.16. The summed E-state index contributed by atoms with van der Waals surface area (Å²) >= 11 is 0. The molecule has 7 N–H and O–H groups in total. The smallest absolute Gasteiger partial charge is 0.218 e. The fourth-order valence-electron chi connectivity index (χ4n) is 4.52. The number of aliphatic imine (C=N–C) groups is 2. The highest BCUT2D eigenvalue weighted by atomic mass is 16.7. The maximum absolute atomic E-state index is 10.7. The van der Waals surface area contributed by atoms with E-state index in [9.17, 15) is 10.2 Å². The zero-order valence-corrected chi connectivity index (χ0v) is 22.7. The van der Waals surface area contributed by atoms with Gasteiger partial charge in [-0.2, -0.15) is 4.99 Å². The van der Waals surface area contributed by atoms with E-state index in [1.807, 2.05) is 30.3 Å². The van der Waals surface area contributed by atoms with E-state index in [0.29, 0.717) is 36.0 Å². The molecule has 8 heteroatoms. The highest BCUT2D eigenvalue weighted by Gasteiger charge is 2.33. The van der Waals surface area contributed by atoms with Crippen LogP contribution in [0.4, 0.5) is 5.69 Å². The minimum absolute atomic E-state index is 0.0826. The second-order valence-electron chi connectivity index (χ2n) is 9.98. The minimum atomic E-state index is -1.30. The Bertz CT molecular complexity index is 773. The number of hydrogen-bond donors (Lipinski definition) is 5. The standard InChI is InChI=1S/C27H49N5O3/c1-8-17(3)19(5)21(7)23(20(6)18(4)9-2)15-24(33)35-25(34)16-30-26(28)32-27(29)31-22-13-11-10-12-14-22/h10-14,17-21,23-25,33-34H,8-9,15-16H2,1-7H3,(H5,28,29,30,31,32)/t17-,18+,19-,20+,21-,23?,24?,25?/m0/s1. The van der Waals surface area contributed by atoms with Gasteiger partial charge in [-0.1, -0.05) is 79.5 Å². The average Bonchev–Trinajstić information content (AvgIpc) is 2.84. The maximum Gasteiger partial charge on any atom is 0.218 e. The zero-order valence-electron chi connectivity index (χ0n) is 22.7. The molecule has 0 heterocycles. The van der Waals surface area contributed by atoms with Crippen molar-refractivity contribution in [2.24, 2.45) is 57.0 Å². The quantitative estimate of drug-likeness (QED) is 0.149. The Morgan fingerprint density at radius 3 is 2.03 bits per heavy atom. The number of nitrogens with two attached hydrogens (primary N) is 2. The van der Waals surface area contributed by atoms with Crippen molar-refractivity contribution < 1.29 is 14.9 Å². The molecule has 1 rings (SSSR count). The van der Waals surface area contributed by atoms with Gasteiger partial charge >= 0.3 is 0 Å². The molecule has 0 amide bonds. The molecule has 0 saturated carbocycles. The average molecular weight is 492 g/mol. The number of nitrogens with one attached hydrogen (secondary N) is 1. The zero-order chi connectivity index (χ0) is 26.5. The minimum Gasteiger partial charge on any atom is -0.369 e. The van der Waals surface area contributed by atoms with Gasteiger partial charge in [0.05, 0.1) is 6.54 Å². The third-order valence-electron chi connectivity index (χ3n) is 7.74. The lowest BCUT2D eigenvalue weighted by atomic mass is 9.68. The van der Waals surface area contributed by atoms with Crippen LogP contribution in [0.15, 0.2) is 40.3 Å². The molecule has 0 saturated heterocycles. The van der Waals surface area contributed by atoms with Crippen molar-refractivity contribution in [1.82, 2.24) is 0 Å². The van der Waals surface area contributed by atoms with Crippen LogP contribution in [0.2, 0.25) is 0 Å². The normalized spacial score (nSPS) is 19.8. The third kappa shape index (κ3) is 11.0. The van der Waals surface area contributed by atoms with Crippen LogP contribution in [0.5, 0.6) is 0 Å². The summed E-state index contributed by atoms with van der Waals surface area (Å²) in [5, 5.41) is 23.9. The molecule has 0 aliphatic heterocycles. The number of hydrogen-bond acceptors (Lipinski definition) is 4. The van der Waals surface area contributed by atoms with Gasteiger partial charge in [0, 0.05) is 12.1 Å². The topological polar surface area (TPSA) is 138 Å². The summed E-state index contributed by atoms with van der Waals surface area (Å²) in [5.41, 5.74) is 12.4. The van der Waals surface area contributed by atoms with Crippen LogP contribution in [0, 0.1) is 35.5 Å². The van der Waals surface area contributed by atoms with Crippen LogP contribution in [0.25, 0.3) is 0 Å². The van der Waals surface area contributed by atoms with Gasteiger partial charge in [-0.25, -0.2) is 4.99 Å². The van der Waals surface area contributed by atoms with E-state index >= 15 is 0 Å². The molecule has 35 heavy (non-hydrogen) atoms. The number of ether oxygens (including phenoxy) is 1. The molecule has 0 aliphatic carbocycles. The molecule has 3 unspecified atom stereocenters. The largest absolute Gasteiger partial charge is 0.369 e. The monoisotopic (exact) mass is 491 g/mol. The first-order chi connectivity index (χ1) is 16.5. The number of nitrogens with zero attached hydrogens (tertiary/aromatic N) is 2. The van der Waals surface area contributed by atoms with E-state index in [0.717, 1.165) is 18.5 Å². The molecular formula is C27H49N5O3. The van der Waals surface area contributed by atoms with Crippen molar-refractivity contribution in [2.75, 3.05) is 11.9 Å². The van der Waals surface area contributed by atoms with E-state index < -0.39 is 12.6 Å². The number of aliphatic hydroxyl groups is 2. The number of para-hydroxylation sites is 1. The molecule has 0 radical (unpaired) electrons. The van der Waals surface area contributed by atoms with Gasteiger partial charge in [0.15, 0.2) is 12.6 Å². The lowest BCUT2D eigenvalue weighted by molar-refractivity contribution is -0.212. The van der Waals surface area contributed by atoms with E-state index in [1.165, 1.54) is 0 Å². The van der Waals surface area contributed by atoms with Crippen molar-refractivity contribution in [1.29, 1.82) is 0 Å². The predicted octanol–water partition coefficient (Wildman–Crippen LogP) is 4.39. The molecule has 200 valence electrons. The van der Waals surface area contributed by atoms with Crippen molar-refractivity contribution in [2.45, 2.75) is 80.3 Å². The second kappa shape index (κ2) is 15.8. The predicted molar refractivity (Wildman–Crippen MR) is 146 cm³/mol. The molecule has 0 fully saturated rings. The Morgan fingerprint density at radius 2 is 1.46 bits per heavy atom. The second-order valence-corrected chi connectivity index (χ2v) is 9.98. The maximum atomic E-state index is 10.7. The molecule has 1 aromatic carbocycles. The van der Waals surface area contributed by atoms with Crippen molar-refractivity contribution in [3.05, 3.63) is 30.3 Å². The van der Waals surface area contributed by atoms with Crippen LogP contribution in [-0.2, 0) is 4.74 Å². The van der Waals surface area contributed by atoms with Gasteiger partial charge in [0.2, 0.25) is 11.9 Å². The summed E-state index contributed by atoms with van der Waals surface area (Å²) < 4.78 is 5.47. The van der Waals surface area contributed by atoms with Crippen LogP contribution in [0.3, 0.4) is 0 Å². The number of guanidine groups is 2. The molecule has 8 atom stereocenters. The number of benzene rings is 1. The third-order valence-corrected chi connectivity index (χ3v) is 7.74. The van der Waals surface area contributed by atoms with E-state index in [1.54, 1.807) is 0 Å². The van der Waals surface area contributed by atoms with Gasteiger partial charge in [0.1, 0.15) is 0 Å². The van der Waals surface area contributed by atoms with Crippen molar-refractivity contribution >= 4 is 17.6 Å². The molecular weight excluding hydrogens is 442 g/mol. The molecule has 0 spiro atoms. The van der Waals surface area contributed by atoms with Crippen molar-refractivity contribution in [3.8, 4) is 0 Å². The highest BCUT2D eigenvalue weighted by molar-refractivity contribution is 6.00. The fourth-order valence-corrected chi connectivity index (χ4v) is 4.52. The van der Waals surface area contributed by atoms with Gasteiger partial charge in [0.25, 0.3) is 0 Å². The Labute approximate surface area is 212 Å². The summed E-state index contributed by atoms with van der Waals surface area (Å²) in [6.07, 6.45) is 0.261. The number of aliphatic hydroxyl groups excluding tert-OH is 2. The Morgan fingerprint density at radius 1 is 0.886 bits per heavy atom. The highest BCUT2D eigenvalue weighted by Crippen LogP contribution is 2.39. The van der Waals surface area contributed by atoms with Gasteiger partial charge < -0.3 is 31.7 Å². The molecule has 0 bridgehead atoms. The lowest BCUT2D eigenvalue weighted by Crippen LogP contribution is -2.35. The molecule has 0 aromatic heterocycles. The number of rotatable bonds is 14. The summed E-state index contributed by atoms with van der Waals surface area (Å²) in [6.45, 7) is 15.6. The van der Waals surface area contributed by atoms with Gasteiger partial charge in [-0.05, 0) is 47.6 Å². The lowest BCUT2D eigenvalue weighted by Gasteiger charge is -2.39. The first-order valence-electron chi connectivity index (χ1n) is 13.0. The van der Waals surface area contributed by atoms with Crippen LogP contribution in [-0.4, -0.2) is 41.3 Å². The SMILES string of the molecule is CC[C@@H](C)[C@@H](C)C(CC(O)OC(O)CN=C(N)/N=C(\N)Nc1ccccc1)[C@@H](C)[C@@H](C)[C@@H](C)CC. The van der Waals surface area contributed by atoms with Gasteiger partial charge in [-0.3, -0.25) is 0 Å². The summed E-state index contributed by atoms with van der Waals surface area (Å²) in [4.78, 5) is 7.99. The Kier molecular flexibility index (Phi) is 13.9. The first-order valence-corrected chi connectivity index (χ1v) is 13.0. The van der Waals surface area contributed by atoms with Gasteiger partial charge in [-0.15, -0.1) is 0 Å². The summed E-state index contributed by atoms with van der Waals surface area (Å²) in [7, 11) is 0. The molecule has 8 nitrogen and oxygen atoms in total. The molecule has 0 aliphatic rings. The van der Waals surface area contributed by atoms with E-state index in [2.05, 4.69) is 63.8 Å². The van der Waals surface area contributed by atoms with Crippen LogP contribution >= 0.6 is 0 Å².